The normalized spacial score (nSPS) is 12.8. The molecule has 0 fully saturated rings. The number of para-hydroxylation sites is 1. The van der Waals surface area contributed by atoms with Crippen LogP contribution in [-0.4, -0.2) is 19.6 Å². The maximum Gasteiger partial charge on any atom is 0.148 e. The number of benzene rings is 8. The van der Waals surface area contributed by atoms with E-state index in [1.165, 1.54) is 5.56 Å². The molecule has 0 aliphatic rings. The van der Waals surface area contributed by atoms with Crippen molar-refractivity contribution in [3.63, 3.8) is 0 Å². The van der Waals surface area contributed by atoms with Crippen LogP contribution >= 0.6 is 0 Å². The van der Waals surface area contributed by atoms with Crippen molar-refractivity contribution < 1.29 is 30.3 Å². The molecule has 0 aliphatic heterocycles. The van der Waals surface area contributed by atoms with Crippen molar-refractivity contribution in [3.05, 3.63) is 217 Å². The molecule has 2 heterocycles. The molecule has 72 heavy (non-hydrogen) atoms. The molecule has 0 bridgehead atoms. The van der Waals surface area contributed by atoms with E-state index in [2.05, 4.69) is 200 Å². The monoisotopic (exact) mass is 1120 g/mol. The maximum absolute atomic E-state index is 12.8. The van der Waals surface area contributed by atoms with Gasteiger partial charge < -0.3 is 5.11 Å². The van der Waals surface area contributed by atoms with E-state index in [9.17, 15) is 5.11 Å². The van der Waals surface area contributed by atoms with E-state index in [1.54, 1.807) is 18.3 Å². The van der Waals surface area contributed by atoms with Gasteiger partial charge in [-0.3, -0.25) is 9.55 Å². The SMILES string of the molecule is [2H]C([2H])([2H])c1ccc(-c2ccnc(-c3[c-]c(-c4cccc5c4nc(-c4cc(C(C)(C)C)cc(C(C)(C)C)c4O)n5-c4cc(-c5ccccc5)c(C(C)(C)C)cc4-c4ccccc4)cc(-c4ccccc4)c3)c2)cc1.[Pt]. The summed E-state index contributed by atoms with van der Waals surface area (Å²) in [6.07, 6.45) is 1.79. The van der Waals surface area contributed by atoms with Crippen molar-refractivity contribution in [3.8, 4) is 89.7 Å². The fourth-order valence-corrected chi connectivity index (χ4v) is 9.72. The first kappa shape index (κ1) is 46.0. The molecule has 0 atom stereocenters. The summed E-state index contributed by atoms with van der Waals surface area (Å²) >= 11 is 0. The van der Waals surface area contributed by atoms with Crippen molar-refractivity contribution in [2.45, 2.75) is 85.4 Å². The van der Waals surface area contributed by atoms with Gasteiger partial charge in [0.2, 0.25) is 0 Å². The number of aryl methyl sites for hydroxylation is 1. The number of aromatic nitrogens is 3. The van der Waals surface area contributed by atoms with Crippen molar-refractivity contribution in [2.24, 2.45) is 0 Å². The smallest absolute Gasteiger partial charge is 0.148 e. The minimum absolute atomic E-state index is 0. The van der Waals surface area contributed by atoms with Crippen LogP contribution in [0.4, 0.5) is 0 Å². The third kappa shape index (κ3) is 9.78. The molecule has 0 saturated carbocycles. The van der Waals surface area contributed by atoms with E-state index < -0.39 is 6.85 Å². The fraction of sp³-hybridized carbons (Fsp3) is 0.194. The van der Waals surface area contributed by atoms with Crippen molar-refractivity contribution in [1.29, 1.82) is 0 Å². The van der Waals surface area contributed by atoms with Gasteiger partial charge in [0.1, 0.15) is 11.6 Å². The number of phenolic OH excluding ortho intramolecular Hbond substituents is 1. The Bertz CT molecular complexity index is 3690. The number of imidazole rings is 1. The molecular formula is C67H62N3OPt-. The molecule has 0 spiro atoms. The molecule has 1 N–H and O–H groups in total. The summed E-state index contributed by atoms with van der Waals surface area (Å²) in [7, 11) is 0. The van der Waals surface area contributed by atoms with Gasteiger partial charge in [0.15, 0.2) is 0 Å². The molecule has 5 heteroatoms. The van der Waals surface area contributed by atoms with Gasteiger partial charge >= 0.3 is 0 Å². The number of hydrogen-bond donors (Lipinski definition) is 1. The number of hydrogen-bond acceptors (Lipinski definition) is 3. The minimum atomic E-state index is -2.19. The Morgan fingerprint density at radius 1 is 0.486 bits per heavy atom. The predicted molar refractivity (Wildman–Crippen MR) is 298 cm³/mol. The topological polar surface area (TPSA) is 50.9 Å². The average Bonchev–Trinajstić information content (AvgIpc) is 3.78. The van der Waals surface area contributed by atoms with Crippen LogP contribution in [0, 0.1) is 12.9 Å². The van der Waals surface area contributed by atoms with Crippen LogP contribution in [-0.2, 0) is 37.3 Å². The van der Waals surface area contributed by atoms with Crippen molar-refractivity contribution in [2.75, 3.05) is 0 Å². The van der Waals surface area contributed by atoms with Crippen LogP contribution in [0.25, 0.3) is 95.0 Å². The van der Waals surface area contributed by atoms with Crippen LogP contribution in [0.2, 0.25) is 0 Å². The second kappa shape index (κ2) is 19.5. The average molecular weight is 1120 g/mol. The minimum Gasteiger partial charge on any atom is -0.507 e. The molecule has 362 valence electrons. The molecule has 0 amide bonds. The van der Waals surface area contributed by atoms with Crippen LogP contribution in [0.5, 0.6) is 5.75 Å². The van der Waals surface area contributed by atoms with Gasteiger partial charge in [-0.2, -0.15) is 0 Å². The largest absolute Gasteiger partial charge is 0.507 e. The molecule has 8 aromatic carbocycles. The van der Waals surface area contributed by atoms with Gasteiger partial charge in [0, 0.05) is 48.2 Å². The summed E-state index contributed by atoms with van der Waals surface area (Å²) < 4.78 is 26.0. The zero-order chi connectivity index (χ0) is 52.3. The summed E-state index contributed by atoms with van der Waals surface area (Å²) in [6, 6.07) is 66.1. The van der Waals surface area contributed by atoms with Gasteiger partial charge in [-0.1, -0.05) is 224 Å². The molecule has 0 unspecified atom stereocenters. The second-order valence-electron chi connectivity index (χ2n) is 21.8. The van der Waals surface area contributed by atoms with E-state index >= 15 is 0 Å². The van der Waals surface area contributed by atoms with Crippen molar-refractivity contribution in [1.82, 2.24) is 14.5 Å². The number of pyridine rings is 1. The Balaban J connectivity index is 0.00000689. The van der Waals surface area contributed by atoms with Crippen LogP contribution < -0.4 is 0 Å². The Hall–Kier alpha value is -7.13. The molecular weight excluding hydrogens is 1060 g/mol. The van der Waals surface area contributed by atoms with Gasteiger partial charge in [-0.25, -0.2) is 4.98 Å². The molecule has 2 aromatic heterocycles. The van der Waals surface area contributed by atoms with Gasteiger partial charge in [0.25, 0.3) is 0 Å². The van der Waals surface area contributed by atoms with Crippen LogP contribution in [0.15, 0.2) is 188 Å². The summed E-state index contributed by atoms with van der Waals surface area (Å²) in [5.41, 5.74) is 17.2. The number of phenols is 1. The predicted octanol–water partition coefficient (Wildman–Crippen LogP) is 17.8. The Labute approximate surface area is 445 Å². The van der Waals surface area contributed by atoms with Gasteiger partial charge in [-0.05, 0) is 97.9 Å². The quantitative estimate of drug-likeness (QED) is 0.154. The molecule has 4 nitrogen and oxygen atoms in total. The van der Waals surface area contributed by atoms with E-state index in [-0.39, 0.29) is 43.1 Å². The zero-order valence-corrected chi connectivity index (χ0v) is 44.8. The summed E-state index contributed by atoms with van der Waals surface area (Å²) in [4.78, 5) is 10.7. The molecule has 0 aliphatic carbocycles. The summed E-state index contributed by atoms with van der Waals surface area (Å²) in [5.74, 6) is 0.831. The number of nitrogens with zero attached hydrogens (tertiary/aromatic N) is 3. The first-order valence-corrected chi connectivity index (χ1v) is 24.5. The molecule has 0 saturated heterocycles. The van der Waals surface area contributed by atoms with Crippen LogP contribution in [0.3, 0.4) is 0 Å². The van der Waals surface area contributed by atoms with Crippen molar-refractivity contribution >= 4 is 11.0 Å². The number of rotatable bonds is 8. The number of aromatic hydroxyl groups is 1. The summed E-state index contributed by atoms with van der Waals surface area (Å²) in [6.45, 7) is 17.7. The fourth-order valence-electron chi connectivity index (χ4n) is 9.72. The van der Waals surface area contributed by atoms with E-state index in [4.69, 9.17) is 14.1 Å². The zero-order valence-electron chi connectivity index (χ0n) is 45.5. The Morgan fingerprint density at radius 2 is 1.08 bits per heavy atom. The first-order valence-electron chi connectivity index (χ1n) is 26.0. The number of fused-ring (bicyclic) bond motifs is 1. The molecule has 10 rings (SSSR count). The Morgan fingerprint density at radius 3 is 1.69 bits per heavy atom. The van der Waals surface area contributed by atoms with Gasteiger partial charge in [-0.15, -0.1) is 23.8 Å². The maximum atomic E-state index is 12.8. The third-order valence-corrected chi connectivity index (χ3v) is 13.6. The van der Waals surface area contributed by atoms with Gasteiger partial charge in [0.05, 0.1) is 22.3 Å². The van der Waals surface area contributed by atoms with E-state index in [1.807, 2.05) is 42.5 Å². The molecule has 0 radical (unpaired) electrons. The van der Waals surface area contributed by atoms with E-state index in [0.29, 0.717) is 17.0 Å². The Kier molecular flexibility index (Phi) is 12.4. The van der Waals surface area contributed by atoms with Crippen LogP contribution in [0.1, 0.15) is 88.7 Å². The second-order valence-corrected chi connectivity index (χ2v) is 21.8. The molecule has 10 aromatic rings. The summed E-state index contributed by atoms with van der Waals surface area (Å²) in [5, 5.41) is 12.8. The standard InChI is InChI=1S/C67H62N3O.Pt/c1-43-29-31-45(32-30-43)48-33-34-68-59(38-48)51-36-49(44-21-14-11-15-22-44)35-50(37-51)53-27-20-28-60-62(53)69-64(56-39-52(65(2,3)4)40-58(63(56)71)67(8,9)10)70(60)61-42-54(46-23-16-12-17-24-46)57(66(5,6)7)41-55(61)47-25-18-13-19-26-47;/h11-36,38-42,71H,1-10H3;/q-1;/i1D3;. The first-order chi connectivity index (χ1) is 35.1. The third-order valence-electron chi connectivity index (χ3n) is 13.6. The van der Waals surface area contributed by atoms with E-state index in [0.717, 1.165) is 94.7 Å².